The number of nitrogens with one attached hydrogen (secondary N) is 1. The molecule has 0 aliphatic heterocycles. The van der Waals surface area contributed by atoms with Gasteiger partial charge in [-0.3, -0.25) is 14.3 Å². The predicted octanol–water partition coefficient (Wildman–Crippen LogP) is 2.36. The molecule has 1 N–H and O–H groups in total. The number of amides is 1. The summed E-state index contributed by atoms with van der Waals surface area (Å²) >= 11 is 0. The first-order chi connectivity index (χ1) is 12.1. The van der Waals surface area contributed by atoms with Gasteiger partial charge in [-0.05, 0) is 50.5 Å². The van der Waals surface area contributed by atoms with Crippen LogP contribution in [0, 0.1) is 30.6 Å². The number of carbonyl (C=O) groups excluding carboxylic acids is 2. The highest BCUT2D eigenvalue weighted by atomic mass is 16.5. The number of rotatable bonds is 5. The van der Waals surface area contributed by atoms with Crippen molar-refractivity contribution in [3.8, 4) is 0 Å². The molecular weight excluding hydrogens is 332 g/mol. The third-order valence-electron chi connectivity index (χ3n) is 6.57. The lowest BCUT2D eigenvalue weighted by atomic mass is 9.70. The number of esters is 1. The van der Waals surface area contributed by atoms with Crippen molar-refractivity contribution in [2.24, 2.45) is 21.8 Å². The van der Waals surface area contributed by atoms with Crippen molar-refractivity contribution in [2.75, 3.05) is 6.61 Å². The first kappa shape index (κ1) is 18.6. The minimum atomic E-state index is -0.493. The van der Waals surface area contributed by atoms with Gasteiger partial charge in [0.25, 0.3) is 5.91 Å². The fourth-order valence-corrected chi connectivity index (χ4v) is 4.41. The SMILES string of the molecule is Cc1cc(C)n(CC(=O)OCC(=O)N/N=C2\CC3CCC2(C)C3(C)C)n1. The fourth-order valence-electron chi connectivity index (χ4n) is 4.41. The maximum atomic E-state index is 12.0. The smallest absolute Gasteiger partial charge is 0.328 e. The highest BCUT2D eigenvalue weighted by Gasteiger charge is 2.60. The van der Waals surface area contributed by atoms with Crippen molar-refractivity contribution in [1.82, 2.24) is 15.2 Å². The van der Waals surface area contributed by atoms with Crippen LogP contribution < -0.4 is 5.43 Å². The summed E-state index contributed by atoms with van der Waals surface area (Å²) in [5.74, 6) is -0.280. The summed E-state index contributed by atoms with van der Waals surface area (Å²) in [7, 11) is 0. The van der Waals surface area contributed by atoms with Crippen LogP contribution in [0.3, 0.4) is 0 Å². The van der Waals surface area contributed by atoms with E-state index in [4.69, 9.17) is 4.74 Å². The number of carbonyl (C=O) groups is 2. The standard InChI is InChI=1S/C19H28N4O3/c1-12-8-13(2)23(22-12)10-17(25)26-11-16(24)21-20-15-9-14-6-7-19(15,5)18(14,3)4/h8,14H,6-7,9-11H2,1-5H3,(H,21,24)/b20-15+. The third-order valence-corrected chi connectivity index (χ3v) is 6.57. The number of aromatic nitrogens is 2. The molecule has 7 heteroatoms. The molecular formula is C19H28N4O3. The van der Waals surface area contributed by atoms with Crippen LogP contribution in [0.4, 0.5) is 0 Å². The highest BCUT2D eigenvalue weighted by molar-refractivity contribution is 5.95. The lowest BCUT2D eigenvalue weighted by Crippen LogP contribution is -2.35. The molecule has 0 radical (unpaired) electrons. The second kappa shape index (κ2) is 6.52. The van der Waals surface area contributed by atoms with Crippen molar-refractivity contribution < 1.29 is 14.3 Å². The molecule has 1 aromatic rings. The van der Waals surface area contributed by atoms with Crippen molar-refractivity contribution >= 4 is 17.6 Å². The van der Waals surface area contributed by atoms with Crippen LogP contribution in [0.1, 0.15) is 51.4 Å². The Morgan fingerprint density at radius 2 is 2.12 bits per heavy atom. The maximum absolute atomic E-state index is 12.0. The first-order valence-corrected chi connectivity index (χ1v) is 9.16. The van der Waals surface area contributed by atoms with Gasteiger partial charge in [-0.15, -0.1) is 0 Å². The molecule has 0 spiro atoms. The summed E-state index contributed by atoms with van der Waals surface area (Å²) in [6, 6.07) is 1.88. The number of ether oxygens (including phenoxy) is 1. The van der Waals surface area contributed by atoms with Crippen LogP contribution in [-0.2, 0) is 20.9 Å². The zero-order valence-electron chi connectivity index (χ0n) is 16.3. The van der Waals surface area contributed by atoms with Gasteiger partial charge in [0, 0.05) is 16.8 Å². The van der Waals surface area contributed by atoms with Crippen molar-refractivity contribution in [1.29, 1.82) is 0 Å². The molecule has 2 aliphatic carbocycles. The zero-order valence-corrected chi connectivity index (χ0v) is 16.3. The highest BCUT2D eigenvalue weighted by Crippen LogP contribution is 2.63. The summed E-state index contributed by atoms with van der Waals surface area (Å²) in [5.41, 5.74) is 5.58. The van der Waals surface area contributed by atoms with E-state index in [9.17, 15) is 9.59 Å². The average molecular weight is 360 g/mol. The topological polar surface area (TPSA) is 85.6 Å². The molecule has 2 unspecified atom stereocenters. The van der Waals surface area contributed by atoms with Crippen LogP contribution >= 0.6 is 0 Å². The Kier molecular flexibility index (Phi) is 4.67. The van der Waals surface area contributed by atoms with Crippen LogP contribution in [0.25, 0.3) is 0 Å². The second-order valence-electron chi connectivity index (χ2n) is 8.33. The summed E-state index contributed by atoms with van der Waals surface area (Å²) in [4.78, 5) is 23.9. The molecule has 2 atom stereocenters. The van der Waals surface area contributed by atoms with E-state index in [2.05, 4.69) is 36.4 Å². The van der Waals surface area contributed by atoms with Gasteiger partial charge in [-0.25, -0.2) is 5.43 Å². The zero-order chi connectivity index (χ0) is 19.1. The Balaban J connectivity index is 1.49. The van der Waals surface area contributed by atoms with Gasteiger partial charge in [0.1, 0.15) is 6.54 Å². The van der Waals surface area contributed by atoms with Gasteiger partial charge < -0.3 is 4.74 Å². The lowest BCUT2D eigenvalue weighted by Gasteiger charge is -2.34. The number of hydrogen-bond acceptors (Lipinski definition) is 5. The Morgan fingerprint density at radius 3 is 2.65 bits per heavy atom. The monoisotopic (exact) mass is 360 g/mol. The maximum Gasteiger partial charge on any atom is 0.328 e. The molecule has 2 fully saturated rings. The second-order valence-corrected chi connectivity index (χ2v) is 8.33. The molecule has 7 nitrogen and oxygen atoms in total. The van der Waals surface area contributed by atoms with E-state index < -0.39 is 11.9 Å². The first-order valence-electron chi connectivity index (χ1n) is 9.16. The molecule has 1 amide bonds. The van der Waals surface area contributed by atoms with Crippen molar-refractivity contribution in [3.63, 3.8) is 0 Å². The van der Waals surface area contributed by atoms with Crippen molar-refractivity contribution in [3.05, 3.63) is 17.5 Å². The molecule has 142 valence electrons. The van der Waals surface area contributed by atoms with Gasteiger partial charge in [0.2, 0.25) is 0 Å². The van der Waals surface area contributed by atoms with E-state index in [0.29, 0.717) is 5.92 Å². The van der Waals surface area contributed by atoms with Crippen LogP contribution in [0.2, 0.25) is 0 Å². The number of aryl methyl sites for hydroxylation is 2. The summed E-state index contributed by atoms with van der Waals surface area (Å²) in [6.07, 6.45) is 3.26. The molecule has 1 heterocycles. The fraction of sp³-hybridized carbons (Fsp3) is 0.684. The Morgan fingerprint density at radius 1 is 1.38 bits per heavy atom. The van der Waals surface area contributed by atoms with Gasteiger partial charge in [0.15, 0.2) is 6.61 Å². The van der Waals surface area contributed by atoms with Gasteiger partial charge in [-0.1, -0.05) is 20.8 Å². The van der Waals surface area contributed by atoms with Gasteiger partial charge in [0.05, 0.1) is 5.69 Å². The van der Waals surface area contributed by atoms with Crippen LogP contribution in [0.5, 0.6) is 0 Å². The number of nitrogens with zero attached hydrogens (tertiary/aromatic N) is 3. The minimum absolute atomic E-state index is 0.00455. The number of hydrazone groups is 1. The molecule has 2 saturated carbocycles. The largest absolute Gasteiger partial charge is 0.454 e. The van der Waals surface area contributed by atoms with Gasteiger partial charge in [-0.2, -0.15) is 10.2 Å². The Bertz CT molecular complexity index is 765. The molecule has 0 aromatic carbocycles. The van der Waals surface area contributed by atoms with E-state index in [-0.39, 0.29) is 24.0 Å². The summed E-state index contributed by atoms with van der Waals surface area (Å²) in [6.45, 7) is 10.2. The Hall–Kier alpha value is -2.18. The molecule has 3 rings (SSSR count). The summed E-state index contributed by atoms with van der Waals surface area (Å²) in [5, 5.41) is 8.56. The lowest BCUT2D eigenvalue weighted by molar-refractivity contribution is -0.149. The number of hydrogen-bond donors (Lipinski definition) is 1. The molecule has 26 heavy (non-hydrogen) atoms. The van der Waals surface area contributed by atoms with E-state index in [0.717, 1.165) is 29.9 Å². The normalized spacial score (nSPS) is 27.7. The average Bonchev–Trinajstić information content (AvgIpc) is 3.06. The predicted molar refractivity (Wildman–Crippen MR) is 97.5 cm³/mol. The van der Waals surface area contributed by atoms with E-state index >= 15 is 0 Å². The molecule has 2 aliphatic rings. The number of fused-ring (bicyclic) bond motifs is 2. The van der Waals surface area contributed by atoms with Crippen LogP contribution in [0.15, 0.2) is 11.2 Å². The quantitative estimate of drug-likeness (QED) is 0.645. The van der Waals surface area contributed by atoms with E-state index in [1.54, 1.807) is 4.68 Å². The Labute approximate surface area is 154 Å². The van der Waals surface area contributed by atoms with E-state index in [1.165, 1.54) is 6.42 Å². The van der Waals surface area contributed by atoms with E-state index in [1.807, 2.05) is 19.9 Å². The van der Waals surface area contributed by atoms with Crippen molar-refractivity contribution in [2.45, 2.75) is 60.4 Å². The third kappa shape index (κ3) is 3.15. The van der Waals surface area contributed by atoms with Gasteiger partial charge >= 0.3 is 5.97 Å². The molecule has 2 bridgehead atoms. The molecule has 1 aromatic heterocycles. The minimum Gasteiger partial charge on any atom is -0.454 e. The summed E-state index contributed by atoms with van der Waals surface area (Å²) < 4.78 is 6.60. The van der Waals surface area contributed by atoms with Crippen LogP contribution in [-0.4, -0.2) is 34.0 Å². The molecule has 0 saturated heterocycles.